The number of nitrogens with two attached hydrogens (primary N) is 1. The van der Waals surface area contributed by atoms with Crippen LogP contribution in [0.15, 0.2) is 9.59 Å². The van der Waals surface area contributed by atoms with Gasteiger partial charge < -0.3 is 20.2 Å². The third kappa shape index (κ3) is 3.91. The van der Waals surface area contributed by atoms with Crippen LogP contribution < -0.4 is 17.0 Å². The standard InChI is InChI=1S/C19H24N4O7/c1-6-7-23-15(20)13(16(25)22(4)19(23)28)11(24)8-30-18(27)14-9(2)12(10(3)21-14)17(26)29-5/h21H,6-8,20H2,1-5H3. The van der Waals surface area contributed by atoms with E-state index < -0.39 is 41.1 Å². The molecule has 0 radical (unpaired) electrons. The number of nitrogen functional groups attached to an aromatic ring is 1. The largest absolute Gasteiger partial charge is 0.465 e. The van der Waals surface area contributed by atoms with E-state index in [4.69, 9.17) is 10.5 Å². The van der Waals surface area contributed by atoms with E-state index >= 15 is 0 Å². The summed E-state index contributed by atoms with van der Waals surface area (Å²) in [5.74, 6) is -2.63. The fraction of sp³-hybridized carbons (Fsp3) is 0.421. The molecular weight excluding hydrogens is 396 g/mol. The number of aromatic nitrogens is 3. The number of rotatable bonds is 7. The fourth-order valence-electron chi connectivity index (χ4n) is 3.12. The molecule has 0 amide bonds. The molecule has 0 unspecified atom stereocenters. The summed E-state index contributed by atoms with van der Waals surface area (Å²) in [6.07, 6.45) is 0.554. The topological polar surface area (TPSA) is 155 Å². The number of methoxy groups -OCH3 is 1. The van der Waals surface area contributed by atoms with Gasteiger partial charge in [0, 0.05) is 19.3 Å². The number of carbonyl (C=O) groups excluding carboxylic acids is 3. The van der Waals surface area contributed by atoms with E-state index in [9.17, 15) is 24.0 Å². The summed E-state index contributed by atoms with van der Waals surface area (Å²) in [7, 11) is 2.45. The molecule has 2 heterocycles. The molecule has 2 rings (SSSR count). The molecule has 2 aromatic heterocycles. The molecule has 0 atom stereocenters. The number of aryl methyl sites for hydroxylation is 1. The van der Waals surface area contributed by atoms with Gasteiger partial charge in [-0.3, -0.25) is 18.7 Å². The second-order valence-corrected chi connectivity index (χ2v) is 6.67. The summed E-state index contributed by atoms with van der Waals surface area (Å²) < 4.78 is 11.6. The zero-order valence-electron chi connectivity index (χ0n) is 17.5. The number of anilines is 1. The summed E-state index contributed by atoms with van der Waals surface area (Å²) in [6, 6.07) is 0. The van der Waals surface area contributed by atoms with Gasteiger partial charge in [0.1, 0.15) is 17.1 Å². The van der Waals surface area contributed by atoms with Gasteiger partial charge in [-0.2, -0.15) is 0 Å². The number of aromatic amines is 1. The Labute approximate surface area is 171 Å². The second-order valence-electron chi connectivity index (χ2n) is 6.67. The first-order valence-electron chi connectivity index (χ1n) is 9.13. The number of carbonyl (C=O) groups is 3. The molecule has 0 saturated heterocycles. The highest BCUT2D eigenvalue weighted by atomic mass is 16.5. The first-order valence-corrected chi connectivity index (χ1v) is 9.13. The van der Waals surface area contributed by atoms with Gasteiger partial charge >= 0.3 is 17.6 Å². The molecule has 0 saturated carbocycles. The van der Waals surface area contributed by atoms with Gasteiger partial charge in [-0.15, -0.1) is 0 Å². The Morgan fingerprint density at radius 3 is 2.30 bits per heavy atom. The number of Topliss-reactive ketones (excluding diaryl/α,β-unsaturated/α-hetero) is 1. The van der Waals surface area contributed by atoms with Crippen LogP contribution in [0.4, 0.5) is 5.82 Å². The van der Waals surface area contributed by atoms with Gasteiger partial charge in [0.15, 0.2) is 6.61 Å². The Morgan fingerprint density at radius 2 is 1.73 bits per heavy atom. The summed E-state index contributed by atoms with van der Waals surface area (Å²) >= 11 is 0. The second kappa shape index (κ2) is 8.80. The van der Waals surface area contributed by atoms with E-state index in [1.54, 1.807) is 6.92 Å². The van der Waals surface area contributed by atoms with Crippen LogP contribution in [0.25, 0.3) is 0 Å². The lowest BCUT2D eigenvalue weighted by Gasteiger charge is -2.13. The first kappa shape index (κ1) is 22.7. The molecule has 11 heteroatoms. The number of ether oxygens (including phenoxy) is 2. The Hall–Kier alpha value is -3.63. The van der Waals surface area contributed by atoms with Crippen molar-refractivity contribution in [3.63, 3.8) is 0 Å². The SMILES string of the molecule is CCCn1c(N)c(C(=O)COC(=O)c2[nH]c(C)c(C(=O)OC)c2C)c(=O)n(C)c1=O. The monoisotopic (exact) mass is 420 g/mol. The van der Waals surface area contributed by atoms with E-state index in [0.717, 1.165) is 9.13 Å². The zero-order valence-corrected chi connectivity index (χ0v) is 17.5. The number of nitrogens with one attached hydrogen (secondary N) is 1. The number of ketones is 1. The van der Waals surface area contributed by atoms with Crippen molar-refractivity contribution in [3.05, 3.63) is 48.9 Å². The molecule has 0 aromatic carbocycles. The first-order chi connectivity index (χ1) is 14.1. The Morgan fingerprint density at radius 1 is 1.10 bits per heavy atom. The summed E-state index contributed by atoms with van der Waals surface area (Å²) in [5.41, 5.74) is 4.85. The number of esters is 2. The Kier molecular flexibility index (Phi) is 6.65. The van der Waals surface area contributed by atoms with Crippen molar-refractivity contribution in [2.45, 2.75) is 33.7 Å². The fourth-order valence-corrected chi connectivity index (χ4v) is 3.12. The van der Waals surface area contributed by atoms with Crippen molar-refractivity contribution < 1.29 is 23.9 Å². The Bertz CT molecular complexity index is 1140. The maximum atomic E-state index is 12.6. The van der Waals surface area contributed by atoms with Crippen LogP contribution in [0.1, 0.15) is 55.8 Å². The zero-order chi connectivity index (χ0) is 22.7. The smallest absolute Gasteiger partial charge is 0.355 e. The molecule has 11 nitrogen and oxygen atoms in total. The highest BCUT2D eigenvalue weighted by molar-refractivity contribution is 6.03. The van der Waals surface area contributed by atoms with Crippen molar-refractivity contribution in [3.8, 4) is 0 Å². The minimum Gasteiger partial charge on any atom is -0.465 e. The van der Waals surface area contributed by atoms with Crippen molar-refractivity contribution >= 4 is 23.5 Å². The lowest BCUT2D eigenvalue weighted by molar-refractivity contribution is 0.0468. The quantitative estimate of drug-likeness (QED) is 0.479. The average Bonchev–Trinajstić information content (AvgIpc) is 3.01. The highest BCUT2D eigenvalue weighted by Crippen LogP contribution is 2.19. The summed E-state index contributed by atoms with van der Waals surface area (Å²) in [4.78, 5) is 64.1. The predicted octanol–water partition coefficient (Wildman–Crippen LogP) is 0.310. The molecular formula is C19H24N4O7. The molecule has 0 bridgehead atoms. The van der Waals surface area contributed by atoms with Crippen LogP contribution in [0.3, 0.4) is 0 Å². The van der Waals surface area contributed by atoms with Gasteiger partial charge in [0.05, 0.1) is 12.7 Å². The molecule has 0 spiro atoms. The minimum absolute atomic E-state index is 0.0162. The number of hydrogen-bond donors (Lipinski definition) is 2. The van der Waals surface area contributed by atoms with E-state index in [0.29, 0.717) is 17.7 Å². The third-order valence-corrected chi connectivity index (χ3v) is 4.67. The summed E-state index contributed by atoms with van der Waals surface area (Å²) in [6.45, 7) is 4.37. The molecule has 2 aromatic rings. The van der Waals surface area contributed by atoms with Gasteiger partial charge in [0.2, 0.25) is 5.78 Å². The highest BCUT2D eigenvalue weighted by Gasteiger charge is 2.26. The normalized spacial score (nSPS) is 10.7. The van der Waals surface area contributed by atoms with Crippen LogP contribution in [-0.2, 0) is 23.1 Å². The van der Waals surface area contributed by atoms with Gasteiger partial charge in [-0.25, -0.2) is 14.4 Å². The van der Waals surface area contributed by atoms with Crippen LogP contribution in [-0.4, -0.2) is 45.6 Å². The molecule has 0 fully saturated rings. The molecule has 0 aliphatic rings. The number of hydrogen-bond acceptors (Lipinski definition) is 8. The molecule has 3 N–H and O–H groups in total. The number of nitrogens with zero attached hydrogens (tertiary/aromatic N) is 2. The molecule has 0 aliphatic carbocycles. The van der Waals surface area contributed by atoms with Crippen LogP contribution >= 0.6 is 0 Å². The van der Waals surface area contributed by atoms with Gasteiger partial charge in [-0.1, -0.05) is 6.92 Å². The average molecular weight is 420 g/mol. The lowest BCUT2D eigenvalue weighted by Crippen LogP contribution is -2.43. The number of H-pyrrole nitrogens is 1. The van der Waals surface area contributed by atoms with E-state index in [1.807, 2.05) is 6.92 Å². The van der Waals surface area contributed by atoms with Crippen LogP contribution in [0.5, 0.6) is 0 Å². The predicted molar refractivity (Wildman–Crippen MR) is 107 cm³/mol. The van der Waals surface area contributed by atoms with Crippen molar-refractivity contribution in [2.24, 2.45) is 7.05 Å². The maximum Gasteiger partial charge on any atom is 0.355 e. The van der Waals surface area contributed by atoms with E-state index in [2.05, 4.69) is 9.72 Å². The van der Waals surface area contributed by atoms with Crippen LogP contribution in [0.2, 0.25) is 0 Å². The van der Waals surface area contributed by atoms with Crippen LogP contribution in [0, 0.1) is 13.8 Å². The molecule has 30 heavy (non-hydrogen) atoms. The molecule has 162 valence electrons. The maximum absolute atomic E-state index is 12.6. The van der Waals surface area contributed by atoms with E-state index in [1.165, 1.54) is 21.1 Å². The van der Waals surface area contributed by atoms with Crippen molar-refractivity contribution in [2.75, 3.05) is 19.5 Å². The summed E-state index contributed by atoms with van der Waals surface area (Å²) in [5, 5.41) is 0. The molecule has 0 aliphatic heterocycles. The third-order valence-electron chi connectivity index (χ3n) is 4.67. The van der Waals surface area contributed by atoms with Crippen molar-refractivity contribution in [1.82, 2.24) is 14.1 Å². The lowest BCUT2D eigenvalue weighted by atomic mass is 10.1. The van der Waals surface area contributed by atoms with E-state index in [-0.39, 0.29) is 23.6 Å². The van der Waals surface area contributed by atoms with Crippen molar-refractivity contribution in [1.29, 1.82) is 0 Å². The Balaban J connectivity index is 2.31. The minimum atomic E-state index is -0.892. The van der Waals surface area contributed by atoms with Gasteiger partial charge in [-0.05, 0) is 25.8 Å². The van der Waals surface area contributed by atoms with Gasteiger partial charge in [0.25, 0.3) is 5.56 Å².